The van der Waals surface area contributed by atoms with E-state index in [0.29, 0.717) is 17.3 Å². The Morgan fingerprint density at radius 2 is 1.86 bits per heavy atom. The Balaban J connectivity index is 1.62. The van der Waals surface area contributed by atoms with Crippen molar-refractivity contribution in [1.29, 1.82) is 0 Å². The molecule has 1 saturated heterocycles. The highest BCUT2D eigenvalue weighted by Gasteiger charge is 2.30. The lowest BCUT2D eigenvalue weighted by atomic mass is 10.1. The second-order valence-electron chi connectivity index (χ2n) is 5.69. The van der Waals surface area contributed by atoms with Gasteiger partial charge in [0.05, 0.1) is 26.2 Å². The summed E-state index contributed by atoms with van der Waals surface area (Å²) in [5, 5.41) is 1.81. The van der Waals surface area contributed by atoms with Crippen LogP contribution in [0.3, 0.4) is 0 Å². The second-order valence-corrected chi connectivity index (χ2v) is 8.80. The highest BCUT2D eigenvalue weighted by atomic mass is 32.2. The number of hydrogen-bond acceptors (Lipinski definition) is 3. The van der Waals surface area contributed by atoms with Crippen molar-refractivity contribution in [1.82, 2.24) is 4.31 Å². The minimum Gasteiger partial charge on any atom is -0.329 e. The smallest absolute Gasteiger partial charge is 0.252 e. The van der Waals surface area contributed by atoms with Crippen LogP contribution < -0.4 is 4.90 Å². The van der Waals surface area contributed by atoms with E-state index in [4.69, 9.17) is 0 Å². The SMILES string of the molecule is Cc1ccccc1C[NH+]1CCN(S(=O)(=O)c2cccs2)CC1. The third-order valence-electron chi connectivity index (χ3n) is 4.22. The molecule has 2 heterocycles. The molecule has 1 aromatic heterocycles. The number of aryl methyl sites for hydroxylation is 1. The molecule has 0 atom stereocenters. The Morgan fingerprint density at radius 1 is 1.14 bits per heavy atom. The summed E-state index contributed by atoms with van der Waals surface area (Å²) in [6.07, 6.45) is 0. The summed E-state index contributed by atoms with van der Waals surface area (Å²) in [6.45, 7) is 6.02. The van der Waals surface area contributed by atoms with Crippen LogP contribution in [0.5, 0.6) is 0 Å². The Bertz CT molecular complexity index is 718. The quantitative estimate of drug-likeness (QED) is 0.909. The van der Waals surface area contributed by atoms with Gasteiger partial charge in [0.2, 0.25) is 0 Å². The van der Waals surface area contributed by atoms with E-state index in [1.165, 1.54) is 27.4 Å². The summed E-state index contributed by atoms with van der Waals surface area (Å²) in [4.78, 5) is 1.45. The van der Waals surface area contributed by atoms with Crippen molar-refractivity contribution in [3.8, 4) is 0 Å². The molecule has 0 unspecified atom stereocenters. The molecule has 118 valence electrons. The molecule has 1 aliphatic heterocycles. The van der Waals surface area contributed by atoms with Gasteiger partial charge >= 0.3 is 0 Å². The standard InChI is InChI=1S/C16H20N2O2S2/c1-14-5-2-3-6-15(14)13-17-8-10-18(11-9-17)22(19,20)16-7-4-12-21-16/h2-7,12H,8-11,13H2,1H3/p+1. The van der Waals surface area contributed by atoms with Gasteiger partial charge in [-0.25, -0.2) is 8.42 Å². The van der Waals surface area contributed by atoms with E-state index in [0.717, 1.165) is 19.6 Å². The van der Waals surface area contributed by atoms with Gasteiger partial charge in [0.1, 0.15) is 10.8 Å². The third kappa shape index (κ3) is 3.25. The van der Waals surface area contributed by atoms with Gasteiger partial charge in [-0.2, -0.15) is 4.31 Å². The van der Waals surface area contributed by atoms with Crippen molar-refractivity contribution in [2.24, 2.45) is 0 Å². The average molecular weight is 337 g/mol. The summed E-state index contributed by atoms with van der Waals surface area (Å²) < 4.78 is 27.1. The lowest BCUT2D eigenvalue weighted by Gasteiger charge is -2.31. The molecular weight excluding hydrogens is 316 g/mol. The lowest BCUT2D eigenvalue weighted by Crippen LogP contribution is -3.13. The van der Waals surface area contributed by atoms with Crippen LogP contribution in [0.25, 0.3) is 0 Å². The first-order chi connectivity index (χ1) is 10.6. The second kappa shape index (κ2) is 6.50. The first kappa shape index (κ1) is 15.7. The number of hydrogen-bond donors (Lipinski definition) is 1. The number of benzene rings is 1. The maximum Gasteiger partial charge on any atom is 0.252 e. The molecule has 0 saturated carbocycles. The van der Waals surface area contributed by atoms with Crippen LogP contribution in [-0.2, 0) is 16.6 Å². The van der Waals surface area contributed by atoms with Crippen LogP contribution >= 0.6 is 11.3 Å². The Morgan fingerprint density at radius 3 is 2.50 bits per heavy atom. The molecule has 0 amide bonds. The number of sulfonamides is 1. The van der Waals surface area contributed by atoms with Gasteiger partial charge in [0, 0.05) is 5.56 Å². The van der Waals surface area contributed by atoms with Crippen LogP contribution in [0.1, 0.15) is 11.1 Å². The summed E-state index contributed by atoms with van der Waals surface area (Å²) in [5.41, 5.74) is 2.66. The van der Waals surface area contributed by atoms with Crippen LogP contribution in [0.2, 0.25) is 0 Å². The highest BCUT2D eigenvalue weighted by molar-refractivity contribution is 7.91. The molecule has 0 radical (unpaired) electrons. The molecule has 1 aliphatic rings. The molecule has 3 rings (SSSR count). The minimum absolute atomic E-state index is 0.454. The van der Waals surface area contributed by atoms with E-state index in [1.807, 2.05) is 5.38 Å². The minimum atomic E-state index is -3.28. The van der Waals surface area contributed by atoms with Crippen LogP contribution in [0.15, 0.2) is 46.0 Å². The Labute approximate surface area is 136 Å². The number of thiophene rings is 1. The molecule has 2 aromatic rings. The maximum absolute atomic E-state index is 12.5. The van der Waals surface area contributed by atoms with Gasteiger partial charge in [-0.05, 0) is 23.9 Å². The topological polar surface area (TPSA) is 41.8 Å². The average Bonchev–Trinajstić information content (AvgIpc) is 3.05. The van der Waals surface area contributed by atoms with Crippen LogP contribution in [0, 0.1) is 6.92 Å². The highest BCUT2D eigenvalue weighted by Crippen LogP contribution is 2.20. The van der Waals surface area contributed by atoms with Crippen LogP contribution in [-0.4, -0.2) is 38.9 Å². The normalized spacial score (nSPS) is 17.7. The van der Waals surface area contributed by atoms with E-state index in [1.54, 1.807) is 16.4 Å². The predicted molar refractivity (Wildman–Crippen MR) is 88.7 cm³/mol. The zero-order valence-corrected chi connectivity index (χ0v) is 14.3. The first-order valence-electron chi connectivity index (χ1n) is 7.49. The fourth-order valence-electron chi connectivity index (χ4n) is 2.83. The molecule has 0 bridgehead atoms. The number of nitrogens with one attached hydrogen (secondary N) is 1. The van der Waals surface area contributed by atoms with Gasteiger partial charge < -0.3 is 4.90 Å². The zero-order chi connectivity index (χ0) is 15.6. The summed E-state index contributed by atoms with van der Waals surface area (Å²) in [7, 11) is -3.28. The third-order valence-corrected chi connectivity index (χ3v) is 7.49. The van der Waals surface area contributed by atoms with Gasteiger partial charge in [-0.1, -0.05) is 30.3 Å². The van der Waals surface area contributed by atoms with Crippen molar-refractivity contribution in [2.75, 3.05) is 26.2 Å². The Kier molecular flexibility index (Phi) is 4.63. The van der Waals surface area contributed by atoms with E-state index in [2.05, 4.69) is 31.2 Å². The molecule has 1 fully saturated rings. The van der Waals surface area contributed by atoms with Crippen molar-refractivity contribution in [3.63, 3.8) is 0 Å². The largest absolute Gasteiger partial charge is 0.329 e. The summed E-state index contributed by atoms with van der Waals surface area (Å²) in [5.74, 6) is 0. The predicted octanol–water partition coefficient (Wildman–Crippen LogP) is 1.15. The lowest BCUT2D eigenvalue weighted by molar-refractivity contribution is -0.917. The molecule has 0 spiro atoms. The summed E-state index contributed by atoms with van der Waals surface area (Å²) >= 11 is 1.29. The van der Waals surface area contributed by atoms with Gasteiger partial charge in [-0.15, -0.1) is 11.3 Å². The van der Waals surface area contributed by atoms with Gasteiger partial charge in [0.25, 0.3) is 10.0 Å². The zero-order valence-electron chi connectivity index (χ0n) is 12.7. The van der Waals surface area contributed by atoms with E-state index in [9.17, 15) is 8.42 Å². The first-order valence-corrected chi connectivity index (χ1v) is 9.81. The molecule has 22 heavy (non-hydrogen) atoms. The fraction of sp³-hybridized carbons (Fsp3) is 0.375. The van der Waals surface area contributed by atoms with Crippen molar-refractivity contribution in [3.05, 3.63) is 52.9 Å². The summed E-state index contributed by atoms with van der Waals surface area (Å²) in [6, 6.07) is 11.9. The van der Waals surface area contributed by atoms with Crippen molar-refractivity contribution < 1.29 is 13.3 Å². The molecule has 1 aromatic carbocycles. The van der Waals surface area contributed by atoms with Crippen molar-refractivity contribution >= 4 is 21.4 Å². The van der Waals surface area contributed by atoms with E-state index >= 15 is 0 Å². The monoisotopic (exact) mass is 337 g/mol. The Hall–Kier alpha value is -1.21. The number of nitrogens with zero attached hydrogens (tertiary/aromatic N) is 1. The number of quaternary nitrogens is 1. The maximum atomic E-state index is 12.5. The molecule has 1 N–H and O–H groups in total. The van der Waals surface area contributed by atoms with E-state index in [-0.39, 0.29) is 0 Å². The number of piperazine rings is 1. The van der Waals surface area contributed by atoms with Gasteiger partial charge in [0.15, 0.2) is 0 Å². The number of rotatable bonds is 4. The molecule has 4 nitrogen and oxygen atoms in total. The molecular formula is C16H21N2O2S2+. The molecule has 6 heteroatoms. The molecule has 0 aliphatic carbocycles. The fourth-order valence-corrected chi connectivity index (χ4v) is 5.42. The van der Waals surface area contributed by atoms with E-state index < -0.39 is 10.0 Å². The van der Waals surface area contributed by atoms with Gasteiger partial charge in [-0.3, -0.25) is 0 Å². The van der Waals surface area contributed by atoms with Crippen LogP contribution in [0.4, 0.5) is 0 Å². The van der Waals surface area contributed by atoms with Crippen molar-refractivity contribution in [2.45, 2.75) is 17.7 Å².